The minimum atomic E-state index is -3.40. The highest BCUT2D eigenvalue weighted by molar-refractivity contribution is 14.1. The number of benzene rings is 1. The van der Waals surface area contributed by atoms with Crippen LogP contribution in [-0.2, 0) is 16.6 Å². The van der Waals surface area contributed by atoms with Crippen molar-refractivity contribution in [3.05, 3.63) is 22.0 Å². The molecule has 0 radical (unpaired) electrons. The number of nitrogens with two attached hydrogens (primary N) is 1. The predicted octanol–water partition coefficient (Wildman–Crippen LogP) is 2.02. The maximum atomic E-state index is 12.4. The van der Waals surface area contributed by atoms with Gasteiger partial charge in [-0.3, -0.25) is 0 Å². The van der Waals surface area contributed by atoms with Gasteiger partial charge in [-0.1, -0.05) is 11.8 Å². The summed E-state index contributed by atoms with van der Waals surface area (Å²) in [7, 11) is -3.40. The van der Waals surface area contributed by atoms with E-state index in [1.54, 1.807) is 4.57 Å². The van der Waals surface area contributed by atoms with Gasteiger partial charge >= 0.3 is 0 Å². The van der Waals surface area contributed by atoms with Gasteiger partial charge in [0.15, 0.2) is 33.6 Å². The summed E-state index contributed by atoms with van der Waals surface area (Å²) in [6.45, 7) is 1.21. The first-order chi connectivity index (χ1) is 14.9. The molecular formula is C18H19IN6O4S2. The molecule has 0 saturated heterocycles. The summed E-state index contributed by atoms with van der Waals surface area (Å²) in [5, 5.41) is 0.582. The molecule has 13 heteroatoms. The lowest BCUT2D eigenvalue weighted by Crippen LogP contribution is -2.30. The Kier molecular flexibility index (Phi) is 5.60. The summed E-state index contributed by atoms with van der Waals surface area (Å²) in [4.78, 5) is 13.8. The first-order valence-corrected chi connectivity index (χ1v) is 13.2. The van der Waals surface area contributed by atoms with Crippen molar-refractivity contribution in [3.8, 4) is 11.5 Å². The van der Waals surface area contributed by atoms with E-state index in [4.69, 9.17) is 15.2 Å². The Morgan fingerprint density at radius 2 is 1.97 bits per heavy atom. The Hall–Kier alpha value is -1.84. The van der Waals surface area contributed by atoms with E-state index in [1.165, 1.54) is 18.1 Å². The van der Waals surface area contributed by atoms with E-state index in [0.29, 0.717) is 41.0 Å². The molecule has 10 nitrogen and oxygen atoms in total. The van der Waals surface area contributed by atoms with Crippen LogP contribution in [0.2, 0.25) is 0 Å². The Balaban J connectivity index is 1.49. The number of fused-ring (bicyclic) bond motifs is 2. The van der Waals surface area contributed by atoms with Gasteiger partial charge in [-0.2, -0.15) is 0 Å². The fraction of sp³-hybridized carbons (Fsp3) is 0.389. The Morgan fingerprint density at radius 3 is 2.71 bits per heavy atom. The van der Waals surface area contributed by atoms with Crippen molar-refractivity contribution in [1.82, 2.24) is 24.2 Å². The number of sulfonamides is 1. The molecule has 1 aliphatic carbocycles. The minimum absolute atomic E-state index is 0.0654. The molecule has 2 aliphatic rings. The second-order valence-electron chi connectivity index (χ2n) is 7.22. The van der Waals surface area contributed by atoms with Crippen LogP contribution in [0.1, 0.15) is 12.8 Å². The van der Waals surface area contributed by atoms with Crippen LogP contribution in [0, 0.1) is 3.57 Å². The molecule has 3 aromatic rings. The fourth-order valence-corrected chi connectivity index (χ4v) is 6.16. The number of aryl methyl sites for hydroxylation is 1. The standard InChI is InChI=1S/C18H19IN6O4S2/c19-11-7-12-13(29-5-4-28-12)8-14(11)30-18-23-15-16(20)21-9-22-17(15)25(18)3-6-31(26,27)24-10-1-2-10/h7-10,24H,1-6H2,(H2,20,21,22). The summed E-state index contributed by atoms with van der Waals surface area (Å²) in [5.41, 5.74) is 6.96. The molecule has 1 aliphatic heterocycles. The molecule has 1 aromatic carbocycles. The van der Waals surface area contributed by atoms with E-state index < -0.39 is 10.0 Å². The molecule has 1 fully saturated rings. The lowest BCUT2D eigenvalue weighted by atomic mass is 10.3. The summed E-state index contributed by atoms with van der Waals surface area (Å²) < 4.78 is 41.6. The number of rotatable bonds is 7. The quantitative estimate of drug-likeness (QED) is 0.407. The normalized spacial score (nSPS) is 16.0. The fourth-order valence-electron chi connectivity index (χ4n) is 3.16. The lowest BCUT2D eigenvalue weighted by Gasteiger charge is -2.19. The number of ether oxygens (including phenoxy) is 2. The SMILES string of the molecule is Nc1ncnc2c1nc(Sc1cc3c(cc1I)OCCO3)n2CCS(=O)(=O)NC1CC1. The van der Waals surface area contributed by atoms with E-state index in [-0.39, 0.29) is 24.2 Å². The highest BCUT2D eigenvalue weighted by Crippen LogP contribution is 2.40. The maximum Gasteiger partial charge on any atom is 0.213 e. The largest absolute Gasteiger partial charge is 0.486 e. The molecular weight excluding hydrogens is 555 g/mol. The van der Waals surface area contributed by atoms with Crippen LogP contribution < -0.4 is 19.9 Å². The van der Waals surface area contributed by atoms with Gasteiger partial charge in [0.1, 0.15) is 19.5 Å². The molecule has 1 saturated carbocycles. The van der Waals surface area contributed by atoms with Gasteiger partial charge < -0.3 is 19.8 Å². The second kappa shape index (κ2) is 8.26. The van der Waals surface area contributed by atoms with Crippen LogP contribution in [0.15, 0.2) is 28.5 Å². The number of halogens is 1. The van der Waals surface area contributed by atoms with Crippen molar-refractivity contribution in [2.75, 3.05) is 24.7 Å². The molecule has 0 unspecified atom stereocenters. The Morgan fingerprint density at radius 1 is 1.23 bits per heavy atom. The monoisotopic (exact) mass is 574 g/mol. The third kappa shape index (κ3) is 4.54. The van der Waals surface area contributed by atoms with Crippen molar-refractivity contribution < 1.29 is 17.9 Å². The third-order valence-electron chi connectivity index (χ3n) is 4.83. The number of imidazole rings is 1. The molecule has 3 N–H and O–H groups in total. The van der Waals surface area contributed by atoms with Crippen LogP contribution in [-0.4, -0.2) is 52.9 Å². The number of anilines is 1. The Bertz CT molecular complexity index is 1260. The molecule has 3 heterocycles. The first kappa shape index (κ1) is 21.0. The number of aromatic nitrogens is 4. The molecule has 0 spiro atoms. The van der Waals surface area contributed by atoms with Crippen LogP contribution in [0.4, 0.5) is 5.82 Å². The van der Waals surface area contributed by atoms with E-state index in [1.807, 2.05) is 12.1 Å². The molecule has 2 aromatic heterocycles. The summed E-state index contributed by atoms with van der Waals surface area (Å²) in [5.74, 6) is 1.56. The molecule has 0 amide bonds. The van der Waals surface area contributed by atoms with Gasteiger partial charge in [-0.25, -0.2) is 28.1 Å². The highest BCUT2D eigenvalue weighted by Gasteiger charge is 2.27. The first-order valence-electron chi connectivity index (χ1n) is 9.63. The van der Waals surface area contributed by atoms with Crippen molar-refractivity contribution >= 4 is 61.4 Å². The number of nitrogens with zero attached hydrogens (tertiary/aromatic N) is 4. The maximum absolute atomic E-state index is 12.4. The van der Waals surface area contributed by atoms with Gasteiger partial charge in [0.2, 0.25) is 10.0 Å². The van der Waals surface area contributed by atoms with E-state index in [9.17, 15) is 8.42 Å². The van der Waals surface area contributed by atoms with Crippen LogP contribution in [0.3, 0.4) is 0 Å². The predicted molar refractivity (Wildman–Crippen MR) is 124 cm³/mol. The molecule has 5 rings (SSSR count). The van der Waals surface area contributed by atoms with Gasteiger partial charge in [0.05, 0.1) is 5.75 Å². The van der Waals surface area contributed by atoms with Crippen LogP contribution in [0.5, 0.6) is 11.5 Å². The van der Waals surface area contributed by atoms with Crippen molar-refractivity contribution in [2.45, 2.75) is 35.5 Å². The zero-order chi connectivity index (χ0) is 21.6. The van der Waals surface area contributed by atoms with Gasteiger partial charge in [-0.15, -0.1) is 0 Å². The lowest BCUT2D eigenvalue weighted by molar-refractivity contribution is 0.171. The number of hydrogen-bond acceptors (Lipinski definition) is 9. The van der Waals surface area contributed by atoms with Crippen molar-refractivity contribution in [3.63, 3.8) is 0 Å². The highest BCUT2D eigenvalue weighted by atomic mass is 127. The number of nitrogen functional groups attached to an aromatic ring is 1. The smallest absolute Gasteiger partial charge is 0.213 e. The topological polar surface area (TPSA) is 134 Å². The van der Waals surface area contributed by atoms with Crippen LogP contribution in [0.25, 0.3) is 11.2 Å². The second-order valence-corrected chi connectivity index (χ2v) is 11.3. The average molecular weight is 574 g/mol. The molecule has 164 valence electrons. The third-order valence-corrected chi connectivity index (χ3v) is 8.55. The van der Waals surface area contributed by atoms with Gasteiger partial charge in [-0.05, 0) is 47.6 Å². The minimum Gasteiger partial charge on any atom is -0.486 e. The molecule has 31 heavy (non-hydrogen) atoms. The summed E-state index contributed by atoms with van der Waals surface area (Å²) in [6.07, 6.45) is 3.14. The van der Waals surface area contributed by atoms with Gasteiger partial charge in [0.25, 0.3) is 0 Å². The summed E-state index contributed by atoms with van der Waals surface area (Å²) in [6, 6.07) is 3.89. The van der Waals surface area contributed by atoms with Crippen molar-refractivity contribution in [2.24, 2.45) is 0 Å². The van der Waals surface area contributed by atoms with Crippen molar-refractivity contribution in [1.29, 1.82) is 0 Å². The van der Waals surface area contributed by atoms with Gasteiger partial charge in [0, 0.05) is 21.1 Å². The Labute approximate surface area is 196 Å². The van der Waals surface area contributed by atoms with Crippen LogP contribution >= 0.6 is 34.4 Å². The molecule has 0 atom stereocenters. The van der Waals surface area contributed by atoms with E-state index in [0.717, 1.165) is 21.3 Å². The zero-order valence-corrected chi connectivity index (χ0v) is 20.0. The number of hydrogen-bond donors (Lipinski definition) is 2. The summed E-state index contributed by atoms with van der Waals surface area (Å²) >= 11 is 3.63. The average Bonchev–Trinajstić information content (AvgIpc) is 3.46. The van der Waals surface area contributed by atoms with E-state index >= 15 is 0 Å². The number of nitrogens with one attached hydrogen (secondary N) is 1. The zero-order valence-electron chi connectivity index (χ0n) is 16.2. The van der Waals surface area contributed by atoms with E-state index in [2.05, 4.69) is 42.3 Å². The molecule has 0 bridgehead atoms.